The minimum absolute atomic E-state index is 0.0970. The van der Waals surface area contributed by atoms with Gasteiger partial charge < -0.3 is 15.5 Å². The fraction of sp³-hybridized carbons (Fsp3) is 0.111. The van der Waals surface area contributed by atoms with E-state index in [1.807, 2.05) is 83.9 Å². The van der Waals surface area contributed by atoms with Gasteiger partial charge in [0, 0.05) is 18.1 Å². The van der Waals surface area contributed by atoms with Gasteiger partial charge in [-0.2, -0.15) is 0 Å². The second-order valence-corrected chi connectivity index (χ2v) is 9.83. The van der Waals surface area contributed by atoms with E-state index in [-0.39, 0.29) is 24.5 Å². The largest absolute Gasteiger partial charge is 0.352 e. The SMILES string of the molecule is O=C(CN1C(=S)N[C@@H](c2ccccn2)[C@H]1c1cccn1-c1nc2ccccc2s1)Nc1ccccc1. The quantitative estimate of drug-likeness (QED) is 0.310. The van der Waals surface area contributed by atoms with Crippen LogP contribution in [0.4, 0.5) is 5.69 Å². The van der Waals surface area contributed by atoms with Crippen LogP contribution in [0.3, 0.4) is 0 Å². The Morgan fingerprint density at radius 3 is 2.61 bits per heavy atom. The summed E-state index contributed by atoms with van der Waals surface area (Å²) in [5, 5.41) is 7.76. The van der Waals surface area contributed by atoms with Crippen molar-refractivity contribution < 1.29 is 4.79 Å². The number of nitrogens with one attached hydrogen (secondary N) is 2. The number of carbonyl (C=O) groups excluding carboxylic acids is 1. The van der Waals surface area contributed by atoms with Crippen LogP contribution in [0, 0.1) is 0 Å². The van der Waals surface area contributed by atoms with E-state index < -0.39 is 0 Å². The Morgan fingerprint density at radius 2 is 1.81 bits per heavy atom. The van der Waals surface area contributed by atoms with Crippen LogP contribution in [0.25, 0.3) is 15.3 Å². The summed E-state index contributed by atoms with van der Waals surface area (Å²) in [6.07, 6.45) is 3.78. The normalized spacial score (nSPS) is 17.3. The number of aromatic nitrogens is 3. The molecular formula is C27H22N6OS2. The molecule has 4 heterocycles. The first-order valence-electron chi connectivity index (χ1n) is 11.5. The molecule has 178 valence electrons. The van der Waals surface area contributed by atoms with Crippen LogP contribution < -0.4 is 10.6 Å². The third-order valence-electron chi connectivity index (χ3n) is 6.14. The van der Waals surface area contributed by atoms with Gasteiger partial charge in [-0.05, 0) is 60.7 Å². The smallest absolute Gasteiger partial charge is 0.244 e. The highest BCUT2D eigenvalue weighted by molar-refractivity contribution is 7.80. The zero-order valence-corrected chi connectivity index (χ0v) is 20.7. The monoisotopic (exact) mass is 510 g/mol. The number of hydrogen-bond acceptors (Lipinski definition) is 5. The van der Waals surface area contributed by atoms with Crippen molar-refractivity contribution in [2.24, 2.45) is 0 Å². The van der Waals surface area contributed by atoms with E-state index in [1.54, 1.807) is 17.5 Å². The van der Waals surface area contributed by atoms with Crippen LogP contribution in [-0.2, 0) is 4.79 Å². The van der Waals surface area contributed by atoms with E-state index in [0.29, 0.717) is 5.11 Å². The molecule has 0 bridgehead atoms. The molecule has 36 heavy (non-hydrogen) atoms. The number of carbonyl (C=O) groups is 1. The lowest BCUT2D eigenvalue weighted by molar-refractivity contribution is -0.116. The van der Waals surface area contributed by atoms with Crippen molar-refractivity contribution >= 4 is 50.5 Å². The van der Waals surface area contributed by atoms with Gasteiger partial charge in [0.25, 0.3) is 0 Å². The molecule has 1 saturated heterocycles. The van der Waals surface area contributed by atoms with E-state index >= 15 is 0 Å². The average Bonchev–Trinajstić information content (AvgIpc) is 3.62. The summed E-state index contributed by atoms with van der Waals surface area (Å²) >= 11 is 7.38. The van der Waals surface area contributed by atoms with Gasteiger partial charge in [-0.1, -0.05) is 47.7 Å². The maximum atomic E-state index is 13.1. The Morgan fingerprint density at radius 1 is 1.00 bits per heavy atom. The first kappa shape index (κ1) is 22.4. The molecule has 2 atom stereocenters. The first-order chi connectivity index (χ1) is 17.7. The molecule has 6 rings (SSSR count). The Balaban J connectivity index is 1.38. The number of nitrogens with zero attached hydrogens (tertiary/aromatic N) is 4. The number of amides is 1. The summed E-state index contributed by atoms with van der Waals surface area (Å²) in [5.74, 6) is -0.143. The minimum atomic E-state index is -0.268. The number of para-hydroxylation sites is 2. The summed E-state index contributed by atoms with van der Waals surface area (Å²) in [6.45, 7) is 0.0970. The first-order valence-corrected chi connectivity index (χ1v) is 12.8. The molecule has 1 fully saturated rings. The van der Waals surface area contributed by atoms with Gasteiger partial charge >= 0.3 is 0 Å². The van der Waals surface area contributed by atoms with Crippen molar-refractivity contribution in [1.29, 1.82) is 0 Å². The van der Waals surface area contributed by atoms with Crippen LogP contribution >= 0.6 is 23.6 Å². The zero-order chi connectivity index (χ0) is 24.5. The third-order valence-corrected chi connectivity index (χ3v) is 7.53. The summed E-state index contributed by atoms with van der Waals surface area (Å²) in [6, 6.07) is 26.9. The maximum Gasteiger partial charge on any atom is 0.244 e. The predicted molar refractivity (Wildman–Crippen MR) is 146 cm³/mol. The molecular weight excluding hydrogens is 488 g/mol. The highest BCUT2D eigenvalue weighted by Crippen LogP contribution is 2.40. The summed E-state index contributed by atoms with van der Waals surface area (Å²) in [5.41, 5.74) is 3.53. The molecule has 0 unspecified atom stereocenters. The van der Waals surface area contributed by atoms with Gasteiger partial charge in [0.2, 0.25) is 5.91 Å². The molecule has 5 aromatic rings. The number of thiocarbonyl (C=S) groups is 1. The van der Waals surface area contributed by atoms with Crippen LogP contribution in [0.15, 0.2) is 97.3 Å². The Kier molecular flexibility index (Phi) is 5.92. The molecule has 0 saturated carbocycles. The standard InChI is InChI=1S/C27H22N6OS2/c34-23(29-18-9-2-1-3-10-18)17-33-25(24(31-26(33)35)20-12-6-7-15-28-20)21-13-8-16-32(21)27-30-19-11-4-5-14-22(19)36-27/h1-16,24-25H,17H2,(H,29,34)(H,31,35)/t24-,25+/m0/s1. The number of rotatable bonds is 6. The maximum absolute atomic E-state index is 13.1. The molecule has 7 nitrogen and oxygen atoms in total. The van der Waals surface area contributed by atoms with Crippen molar-refractivity contribution in [1.82, 2.24) is 24.8 Å². The lowest BCUT2D eigenvalue weighted by Gasteiger charge is -2.28. The third kappa shape index (κ3) is 4.23. The van der Waals surface area contributed by atoms with E-state index in [4.69, 9.17) is 17.2 Å². The molecule has 1 amide bonds. The lowest BCUT2D eigenvalue weighted by Crippen LogP contribution is -2.37. The van der Waals surface area contributed by atoms with Crippen molar-refractivity contribution in [2.75, 3.05) is 11.9 Å². The average molecular weight is 511 g/mol. The molecule has 0 aliphatic carbocycles. The van der Waals surface area contributed by atoms with Gasteiger partial charge in [0.1, 0.15) is 6.54 Å². The van der Waals surface area contributed by atoms with E-state index in [9.17, 15) is 4.79 Å². The summed E-state index contributed by atoms with van der Waals surface area (Å²) < 4.78 is 3.20. The van der Waals surface area contributed by atoms with E-state index in [2.05, 4.69) is 32.3 Å². The van der Waals surface area contributed by atoms with Crippen molar-refractivity contribution in [2.45, 2.75) is 12.1 Å². The Bertz CT molecular complexity index is 1500. The molecule has 3 aromatic heterocycles. The number of pyridine rings is 1. The highest BCUT2D eigenvalue weighted by Gasteiger charge is 2.42. The van der Waals surface area contributed by atoms with Crippen LogP contribution in [-0.4, -0.2) is 37.0 Å². The minimum Gasteiger partial charge on any atom is -0.352 e. The summed E-state index contributed by atoms with van der Waals surface area (Å²) in [7, 11) is 0. The fourth-order valence-electron chi connectivity index (χ4n) is 4.55. The van der Waals surface area contributed by atoms with Crippen LogP contribution in [0.2, 0.25) is 0 Å². The molecule has 0 spiro atoms. The molecule has 2 N–H and O–H groups in total. The number of hydrogen-bond donors (Lipinski definition) is 2. The predicted octanol–water partition coefficient (Wildman–Crippen LogP) is 5.09. The lowest BCUT2D eigenvalue weighted by atomic mass is 10.0. The zero-order valence-electron chi connectivity index (χ0n) is 19.1. The second-order valence-electron chi connectivity index (χ2n) is 8.44. The topological polar surface area (TPSA) is 75.1 Å². The van der Waals surface area contributed by atoms with Gasteiger partial charge in [0.05, 0.1) is 33.7 Å². The van der Waals surface area contributed by atoms with E-state index in [1.165, 1.54) is 0 Å². The van der Waals surface area contributed by atoms with E-state index in [0.717, 1.165) is 32.4 Å². The molecule has 2 aromatic carbocycles. The number of anilines is 1. The van der Waals surface area contributed by atoms with Crippen LogP contribution in [0.5, 0.6) is 0 Å². The van der Waals surface area contributed by atoms with Crippen molar-refractivity contribution in [3.63, 3.8) is 0 Å². The van der Waals surface area contributed by atoms with Crippen molar-refractivity contribution in [3.8, 4) is 5.13 Å². The van der Waals surface area contributed by atoms with Crippen molar-refractivity contribution in [3.05, 3.63) is 109 Å². The highest BCUT2D eigenvalue weighted by atomic mass is 32.1. The number of thiazole rings is 1. The molecule has 1 aliphatic rings. The Labute approximate surface area is 217 Å². The molecule has 9 heteroatoms. The Hall–Kier alpha value is -4.08. The molecule has 1 aliphatic heterocycles. The van der Waals surface area contributed by atoms with Gasteiger partial charge in [-0.3, -0.25) is 14.3 Å². The second kappa shape index (κ2) is 9.52. The molecule has 0 radical (unpaired) electrons. The van der Waals surface area contributed by atoms with Crippen LogP contribution in [0.1, 0.15) is 23.5 Å². The fourth-order valence-corrected chi connectivity index (χ4v) is 5.82. The number of benzene rings is 2. The van der Waals surface area contributed by atoms with Gasteiger partial charge in [0.15, 0.2) is 10.2 Å². The van der Waals surface area contributed by atoms with Gasteiger partial charge in [-0.25, -0.2) is 4.98 Å². The summed E-state index contributed by atoms with van der Waals surface area (Å²) in [4.78, 5) is 24.5. The van der Waals surface area contributed by atoms with Gasteiger partial charge in [-0.15, -0.1) is 0 Å². The number of fused-ring (bicyclic) bond motifs is 1.